The number of aromatic nitrogens is 1. The molecule has 0 spiro atoms. The SMILES string of the molecule is CC(C)CCCC(C)Nc1cncc(Br)c1. The van der Waals surface area contributed by atoms with Crippen molar-refractivity contribution in [3.05, 3.63) is 22.9 Å². The van der Waals surface area contributed by atoms with E-state index in [9.17, 15) is 0 Å². The lowest BCUT2D eigenvalue weighted by atomic mass is 10.0. The van der Waals surface area contributed by atoms with Gasteiger partial charge in [0, 0.05) is 16.7 Å². The van der Waals surface area contributed by atoms with E-state index in [0.717, 1.165) is 16.1 Å². The van der Waals surface area contributed by atoms with Crippen LogP contribution in [0.3, 0.4) is 0 Å². The van der Waals surface area contributed by atoms with Gasteiger partial charge in [-0.1, -0.05) is 26.7 Å². The second-order valence-corrected chi connectivity index (χ2v) is 5.68. The van der Waals surface area contributed by atoms with Crippen molar-refractivity contribution < 1.29 is 0 Å². The molecule has 3 heteroatoms. The van der Waals surface area contributed by atoms with Gasteiger partial charge in [0.15, 0.2) is 0 Å². The van der Waals surface area contributed by atoms with Gasteiger partial charge in [0.05, 0.1) is 11.9 Å². The van der Waals surface area contributed by atoms with Crippen molar-refractivity contribution in [2.75, 3.05) is 5.32 Å². The first-order valence-corrected chi connectivity index (χ1v) is 6.74. The average Bonchev–Trinajstić information content (AvgIpc) is 2.16. The highest BCUT2D eigenvalue weighted by atomic mass is 79.9. The monoisotopic (exact) mass is 284 g/mol. The third-order valence-electron chi connectivity index (χ3n) is 2.54. The normalized spacial score (nSPS) is 12.8. The minimum Gasteiger partial charge on any atom is -0.381 e. The van der Waals surface area contributed by atoms with Gasteiger partial charge in [0.25, 0.3) is 0 Å². The van der Waals surface area contributed by atoms with E-state index in [1.54, 1.807) is 6.20 Å². The smallest absolute Gasteiger partial charge is 0.0540 e. The molecule has 2 nitrogen and oxygen atoms in total. The van der Waals surface area contributed by atoms with Crippen LogP contribution < -0.4 is 5.32 Å². The molecule has 1 N–H and O–H groups in total. The molecule has 0 aromatic carbocycles. The first-order chi connectivity index (χ1) is 7.58. The molecule has 1 atom stereocenters. The van der Waals surface area contributed by atoms with E-state index in [4.69, 9.17) is 0 Å². The molecule has 0 saturated heterocycles. The summed E-state index contributed by atoms with van der Waals surface area (Å²) in [7, 11) is 0. The molecule has 1 aromatic rings. The Hall–Kier alpha value is -0.570. The minimum atomic E-state index is 0.509. The quantitative estimate of drug-likeness (QED) is 0.834. The van der Waals surface area contributed by atoms with E-state index < -0.39 is 0 Å². The zero-order valence-electron chi connectivity index (χ0n) is 10.3. The van der Waals surface area contributed by atoms with Crippen molar-refractivity contribution in [3.8, 4) is 0 Å². The highest BCUT2D eigenvalue weighted by molar-refractivity contribution is 9.10. The van der Waals surface area contributed by atoms with Gasteiger partial charge in [-0.2, -0.15) is 0 Å². The molecular formula is C13H21BrN2. The summed E-state index contributed by atoms with van der Waals surface area (Å²) < 4.78 is 1.02. The molecule has 0 amide bonds. The van der Waals surface area contributed by atoms with Gasteiger partial charge in [-0.05, 0) is 41.3 Å². The summed E-state index contributed by atoms with van der Waals surface area (Å²) in [6.45, 7) is 6.77. The van der Waals surface area contributed by atoms with Gasteiger partial charge in [-0.15, -0.1) is 0 Å². The van der Waals surface area contributed by atoms with Crippen LogP contribution in [0.4, 0.5) is 5.69 Å². The number of anilines is 1. The highest BCUT2D eigenvalue weighted by Crippen LogP contribution is 2.16. The van der Waals surface area contributed by atoms with Crippen molar-refractivity contribution in [3.63, 3.8) is 0 Å². The Morgan fingerprint density at radius 3 is 2.62 bits per heavy atom. The summed E-state index contributed by atoms with van der Waals surface area (Å²) in [5.74, 6) is 0.805. The van der Waals surface area contributed by atoms with Crippen molar-refractivity contribution >= 4 is 21.6 Å². The third-order valence-corrected chi connectivity index (χ3v) is 2.97. The summed E-state index contributed by atoms with van der Waals surface area (Å²) >= 11 is 3.42. The zero-order valence-corrected chi connectivity index (χ0v) is 11.9. The van der Waals surface area contributed by atoms with E-state index in [0.29, 0.717) is 6.04 Å². The fourth-order valence-electron chi connectivity index (χ4n) is 1.68. The Balaban J connectivity index is 2.31. The number of rotatable bonds is 6. The fraction of sp³-hybridized carbons (Fsp3) is 0.615. The van der Waals surface area contributed by atoms with Crippen molar-refractivity contribution in [2.45, 2.75) is 46.1 Å². The van der Waals surface area contributed by atoms with Gasteiger partial charge in [0.1, 0.15) is 0 Å². The maximum absolute atomic E-state index is 4.14. The van der Waals surface area contributed by atoms with Crippen LogP contribution in [0.5, 0.6) is 0 Å². The van der Waals surface area contributed by atoms with Gasteiger partial charge < -0.3 is 5.32 Å². The second-order valence-electron chi connectivity index (χ2n) is 4.76. The van der Waals surface area contributed by atoms with Crippen LogP contribution in [0, 0.1) is 5.92 Å². The van der Waals surface area contributed by atoms with Crippen LogP contribution >= 0.6 is 15.9 Å². The Morgan fingerprint density at radius 1 is 1.25 bits per heavy atom. The lowest BCUT2D eigenvalue weighted by Gasteiger charge is -2.15. The van der Waals surface area contributed by atoms with E-state index >= 15 is 0 Å². The van der Waals surface area contributed by atoms with Gasteiger partial charge in [0.2, 0.25) is 0 Å². The van der Waals surface area contributed by atoms with Crippen molar-refractivity contribution in [2.24, 2.45) is 5.92 Å². The second kappa shape index (κ2) is 6.89. The minimum absolute atomic E-state index is 0.509. The largest absolute Gasteiger partial charge is 0.381 e. The number of pyridine rings is 1. The molecule has 0 fully saturated rings. The van der Waals surface area contributed by atoms with Gasteiger partial charge in [-0.25, -0.2) is 0 Å². The van der Waals surface area contributed by atoms with Crippen LogP contribution in [-0.2, 0) is 0 Å². The number of nitrogens with zero attached hydrogens (tertiary/aromatic N) is 1. The molecule has 0 saturated carbocycles. The first kappa shape index (κ1) is 13.5. The number of halogens is 1. The zero-order chi connectivity index (χ0) is 12.0. The predicted molar refractivity (Wildman–Crippen MR) is 73.7 cm³/mol. The Kier molecular flexibility index (Phi) is 5.81. The fourth-order valence-corrected chi connectivity index (χ4v) is 2.04. The van der Waals surface area contributed by atoms with E-state index in [-0.39, 0.29) is 0 Å². The highest BCUT2D eigenvalue weighted by Gasteiger charge is 2.03. The van der Waals surface area contributed by atoms with Crippen LogP contribution in [0.1, 0.15) is 40.0 Å². The Bertz CT molecular complexity index is 313. The number of hydrogen-bond acceptors (Lipinski definition) is 2. The van der Waals surface area contributed by atoms with Crippen LogP contribution in [-0.4, -0.2) is 11.0 Å². The molecule has 0 radical (unpaired) electrons. The summed E-state index contributed by atoms with van der Waals surface area (Å²) in [6.07, 6.45) is 7.47. The molecule has 1 heterocycles. The number of nitrogens with one attached hydrogen (secondary N) is 1. The Labute approximate surface area is 107 Å². The first-order valence-electron chi connectivity index (χ1n) is 5.95. The molecule has 90 valence electrons. The summed E-state index contributed by atoms with van der Waals surface area (Å²) in [6, 6.07) is 2.57. The molecule has 0 aliphatic carbocycles. The molecule has 1 rings (SSSR count). The topological polar surface area (TPSA) is 24.9 Å². The molecule has 0 aliphatic rings. The van der Waals surface area contributed by atoms with E-state index in [2.05, 4.69) is 53.1 Å². The van der Waals surface area contributed by atoms with Crippen LogP contribution in [0.15, 0.2) is 22.9 Å². The molecule has 0 aliphatic heterocycles. The predicted octanol–water partition coefficient (Wildman–Crippen LogP) is 4.47. The molecule has 0 bridgehead atoms. The maximum Gasteiger partial charge on any atom is 0.0540 e. The van der Waals surface area contributed by atoms with E-state index in [1.165, 1.54) is 19.3 Å². The third kappa shape index (κ3) is 5.50. The average molecular weight is 285 g/mol. The maximum atomic E-state index is 4.14. The van der Waals surface area contributed by atoms with Gasteiger partial charge in [-0.3, -0.25) is 4.98 Å². The van der Waals surface area contributed by atoms with Crippen LogP contribution in [0.2, 0.25) is 0 Å². The summed E-state index contributed by atoms with van der Waals surface area (Å²) in [5, 5.41) is 3.46. The molecular weight excluding hydrogens is 264 g/mol. The summed E-state index contributed by atoms with van der Waals surface area (Å²) in [4.78, 5) is 4.14. The lowest BCUT2D eigenvalue weighted by Crippen LogP contribution is -2.15. The lowest BCUT2D eigenvalue weighted by molar-refractivity contribution is 0.520. The molecule has 1 aromatic heterocycles. The van der Waals surface area contributed by atoms with Crippen LogP contribution in [0.25, 0.3) is 0 Å². The standard InChI is InChI=1S/C13H21BrN2/c1-10(2)5-4-6-11(3)16-13-7-12(14)8-15-9-13/h7-11,16H,4-6H2,1-3H3. The van der Waals surface area contributed by atoms with Crippen molar-refractivity contribution in [1.82, 2.24) is 4.98 Å². The van der Waals surface area contributed by atoms with E-state index in [1.807, 2.05) is 6.20 Å². The number of hydrogen-bond donors (Lipinski definition) is 1. The van der Waals surface area contributed by atoms with Gasteiger partial charge >= 0.3 is 0 Å². The molecule has 16 heavy (non-hydrogen) atoms. The molecule has 1 unspecified atom stereocenters. The Morgan fingerprint density at radius 2 is 2.00 bits per heavy atom. The van der Waals surface area contributed by atoms with Crippen molar-refractivity contribution in [1.29, 1.82) is 0 Å². The summed E-state index contributed by atoms with van der Waals surface area (Å²) in [5.41, 5.74) is 1.09.